The minimum atomic E-state index is -1.24. The molecule has 0 fully saturated rings. The highest BCUT2D eigenvalue weighted by Gasteiger charge is 2.15. The number of nitrogens with zero attached hydrogens (tertiary/aromatic N) is 2. The smallest absolute Gasteiger partial charge is 0.257 e. The van der Waals surface area contributed by atoms with Crippen LogP contribution >= 0.6 is 0 Å². The monoisotopic (exact) mass is 288 g/mol. The fourth-order valence-corrected chi connectivity index (χ4v) is 2.90. The summed E-state index contributed by atoms with van der Waals surface area (Å²) >= 11 is 0. The highest BCUT2D eigenvalue weighted by molar-refractivity contribution is 7.84. The Hall–Kier alpha value is -2.21. The molecule has 0 saturated carbocycles. The Labute approximate surface area is 118 Å². The van der Waals surface area contributed by atoms with E-state index < -0.39 is 10.8 Å². The molecule has 0 spiro atoms. The van der Waals surface area contributed by atoms with Gasteiger partial charge in [-0.25, -0.2) is 0 Å². The molecule has 0 amide bonds. The van der Waals surface area contributed by atoms with Crippen molar-refractivity contribution in [3.8, 4) is 11.5 Å². The number of benzene rings is 1. The first kappa shape index (κ1) is 12.8. The number of hydrogen-bond acceptors (Lipinski definition) is 5. The fraction of sp³-hybridized carbons (Fsp3) is 0.143. The Morgan fingerprint density at radius 3 is 2.70 bits per heavy atom. The lowest BCUT2D eigenvalue weighted by molar-refractivity contribution is 0.425. The van der Waals surface area contributed by atoms with Crippen molar-refractivity contribution in [1.82, 2.24) is 10.1 Å². The number of aryl methyl sites for hydroxylation is 1. The second-order valence-corrected chi connectivity index (χ2v) is 5.63. The van der Waals surface area contributed by atoms with Gasteiger partial charge in [-0.3, -0.25) is 4.21 Å². The third-order valence-corrected chi connectivity index (χ3v) is 4.24. The van der Waals surface area contributed by atoms with Gasteiger partial charge in [0.15, 0.2) is 5.82 Å². The summed E-state index contributed by atoms with van der Waals surface area (Å²) < 4.78 is 22.5. The van der Waals surface area contributed by atoms with E-state index in [1.54, 1.807) is 13.0 Å². The van der Waals surface area contributed by atoms with Crippen molar-refractivity contribution >= 4 is 10.8 Å². The van der Waals surface area contributed by atoms with Crippen LogP contribution in [0, 0.1) is 6.92 Å². The van der Waals surface area contributed by atoms with Crippen LogP contribution in [0.3, 0.4) is 0 Å². The maximum atomic E-state index is 12.2. The fourth-order valence-electron chi connectivity index (χ4n) is 1.82. The van der Waals surface area contributed by atoms with Crippen LogP contribution < -0.4 is 0 Å². The molecule has 3 rings (SSSR count). The van der Waals surface area contributed by atoms with Gasteiger partial charge in [-0.05, 0) is 25.1 Å². The molecule has 0 N–H and O–H groups in total. The first-order valence-corrected chi connectivity index (χ1v) is 7.36. The molecule has 0 bridgehead atoms. The van der Waals surface area contributed by atoms with Crippen molar-refractivity contribution in [2.24, 2.45) is 0 Å². The van der Waals surface area contributed by atoms with Crippen LogP contribution in [0.15, 0.2) is 56.5 Å². The van der Waals surface area contributed by atoms with Crippen molar-refractivity contribution in [3.63, 3.8) is 0 Å². The minimum absolute atomic E-state index is 0.205. The van der Waals surface area contributed by atoms with Gasteiger partial charge in [0.25, 0.3) is 5.89 Å². The van der Waals surface area contributed by atoms with E-state index in [0.29, 0.717) is 22.4 Å². The van der Waals surface area contributed by atoms with E-state index in [1.165, 1.54) is 6.26 Å². The predicted octanol–water partition coefficient (Wildman–Crippen LogP) is 2.95. The van der Waals surface area contributed by atoms with Gasteiger partial charge >= 0.3 is 0 Å². The molecule has 102 valence electrons. The largest absolute Gasteiger partial charge is 0.468 e. The maximum Gasteiger partial charge on any atom is 0.257 e. The Balaban J connectivity index is 1.78. The van der Waals surface area contributed by atoms with Gasteiger partial charge < -0.3 is 8.94 Å². The zero-order valence-electron chi connectivity index (χ0n) is 10.8. The summed E-state index contributed by atoms with van der Waals surface area (Å²) in [6.45, 7) is 1.78. The molecular formula is C14H12N2O3S. The molecule has 6 heteroatoms. The van der Waals surface area contributed by atoms with Crippen LogP contribution in [0.4, 0.5) is 0 Å². The second-order valence-electron chi connectivity index (χ2n) is 4.21. The molecule has 5 nitrogen and oxygen atoms in total. The molecule has 1 aromatic carbocycles. The summed E-state index contributed by atoms with van der Waals surface area (Å²) in [4.78, 5) is 4.92. The van der Waals surface area contributed by atoms with Crippen molar-refractivity contribution in [2.75, 3.05) is 0 Å². The van der Waals surface area contributed by atoms with Crippen molar-refractivity contribution in [1.29, 1.82) is 0 Å². The van der Waals surface area contributed by atoms with Gasteiger partial charge in [0.2, 0.25) is 0 Å². The van der Waals surface area contributed by atoms with Gasteiger partial charge in [0, 0.05) is 5.56 Å². The third-order valence-electron chi connectivity index (χ3n) is 2.81. The lowest BCUT2D eigenvalue weighted by Gasteiger charge is -1.95. The van der Waals surface area contributed by atoms with E-state index in [4.69, 9.17) is 8.94 Å². The summed E-state index contributed by atoms with van der Waals surface area (Å²) in [6.07, 6.45) is 1.52. The van der Waals surface area contributed by atoms with E-state index in [0.717, 1.165) is 5.56 Å². The van der Waals surface area contributed by atoms with E-state index in [9.17, 15) is 4.21 Å². The molecule has 3 aromatic rings. The Bertz CT molecular complexity index is 734. The molecule has 0 radical (unpaired) electrons. The van der Waals surface area contributed by atoms with Crippen molar-refractivity contribution < 1.29 is 13.1 Å². The second kappa shape index (κ2) is 5.42. The normalized spacial score (nSPS) is 12.4. The molecule has 0 aliphatic rings. The quantitative estimate of drug-likeness (QED) is 0.738. The van der Waals surface area contributed by atoms with Crippen LogP contribution in [0.5, 0.6) is 0 Å². The SMILES string of the molecule is Cc1occc1[S@](=O)Cc1noc(-c2ccccc2)n1. The molecule has 0 saturated heterocycles. The number of rotatable bonds is 4. The highest BCUT2D eigenvalue weighted by atomic mass is 32.2. The molecule has 0 unspecified atom stereocenters. The zero-order valence-corrected chi connectivity index (χ0v) is 11.6. The lowest BCUT2D eigenvalue weighted by atomic mass is 10.2. The summed E-state index contributed by atoms with van der Waals surface area (Å²) in [5, 5.41) is 3.86. The molecule has 2 aromatic heterocycles. The molecular weight excluding hydrogens is 276 g/mol. The van der Waals surface area contributed by atoms with Crippen LogP contribution in [0.25, 0.3) is 11.5 Å². The van der Waals surface area contributed by atoms with E-state index in [1.807, 2.05) is 30.3 Å². The Morgan fingerprint density at radius 2 is 2.00 bits per heavy atom. The summed E-state index contributed by atoms with van der Waals surface area (Å²) in [7, 11) is -1.24. The van der Waals surface area contributed by atoms with Crippen molar-refractivity contribution in [3.05, 3.63) is 54.2 Å². The van der Waals surface area contributed by atoms with Gasteiger partial charge in [-0.15, -0.1) is 0 Å². The van der Waals surface area contributed by atoms with Gasteiger partial charge in [0.1, 0.15) is 5.76 Å². The van der Waals surface area contributed by atoms with E-state index in [2.05, 4.69) is 10.1 Å². The van der Waals surface area contributed by atoms with Gasteiger partial charge in [-0.1, -0.05) is 23.4 Å². The van der Waals surface area contributed by atoms with Gasteiger partial charge in [-0.2, -0.15) is 4.98 Å². The predicted molar refractivity (Wildman–Crippen MR) is 73.3 cm³/mol. The van der Waals surface area contributed by atoms with Crippen LogP contribution in [0.1, 0.15) is 11.6 Å². The van der Waals surface area contributed by atoms with E-state index >= 15 is 0 Å². The number of furan rings is 1. The first-order chi connectivity index (χ1) is 9.74. The summed E-state index contributed by atoms with van der Waals surface area (Å²) in [5.74, 6) is 1.70. The van der Waals surface area contributed by atoms with Gasteiger partial charge in [0.05, 0.1) is 27.7 Å². The molecule has 20 heavy (non-hydrogen) atoms. The average Bonchev–Trinajstić information content (AvgIpc) is 3.09. The average molecular weight is 288 g/mol. The topological polar surface area (TPSA) is 69.1 Å². The first-order valence-electron chi connectivity index (χ1n) is 6.04. The number of aromatic nitrogens is 2. The highest BCUT2D eigenvalue weighted by Crippen LogP contribution is 2.19. The van der Waals surface area contributed by atoms with Crippen molar-refractivity contribution in [2.45, 2.75) is 17.6 Å². The third kappa shape index (κ3) is 2.55. The molecule has 0 aliphatic heterocycles. The molecule has 1 atom stereocenters. The zero-order chi connectivity index (χ0) is 13.9. The Morgan fingerprint density at radius 1 is 1.20 bits per heavy atom. The summed E-state index contributed by atoms with van der Waals surface area (Å²) in [6, 6.07) is 11.2. The molecule has 2 heterocycles. The minimum Gasteiger partial charge on any atom is -0.468 e. The Kier molecular flexibility index (Phi) is 3.47. The van der Waals surface area contributed by atoms with Crippen LogP contribution in [-0.2, 0) is 16.6 Å². The van der Waals surface area contributed by atoms with E-state index in [-0.39, 0.29) is 5.75 Å². The van der Waals surface area contributed by atoms with Crippen LogP contribution in [-0.4, -0.2) is 14.3 Å². The van der Waals surface area contributed by atoms with Crippen LogP contribution in [0.2, 0.25) is 0 Å². The lowest BCUT2D eigenvalue weighted by Crippen LogP contribution is -1.98. The summed E-state index contributed by atoms with van der Waals surface area (Å²) in [5.41, 5.74) is 0.844. The number of hydrogen-bond donors (Lipinski definition) is 0. The molecule has 0 aliphatic carbocycles. The standard InChI is InChI=1S/C14H12N2O3S/c1-10-12(7-8-18-10)20(17)9-13-15-14(19-16-13)11-5-3-2-4-6-11/h2-8H,9H2,1H3/t20-/m1/s1. The maximum absolute atomic E-state index is 12.2.